The van der Waals surface area contributed by atoms with E-state index in [-0.39, 0.29) is 22.7 Å². The monoisotopic (exact) mass is 362 g/mol. The molecule has 0 bridgehead atoms. The third-order valence-electron chi connectivity index (χ3n) is 5.57. The molecule has 4 atom stereocenters. The molecular formula is C17H22N4O3S. The van der Waals surface area contributed by atoms with Gasteiger partial charge >= 0.3 is 0 Å². The molecule has 1 aromatic rings. The molecule has 4 rings (SSSR count). The van der Waals surface area contributed by atoms with Crippen molar-refractivity contribution >= 4 is 21.8 Å². The van der Waals surface area contributed by atoms with Crippen molar-refractivity contribution in [1.29, 1.82) is 0 Å². The molecule has 1 amide bonds. The van der Waals surface area contributed by atoms with Crippen molar-refractivity contribution in [1.82, 2.24) is 9.62 Å². The lowest BCUT2D eigenvalue weighted by atomic mass is 9.98. The molecule has 8 heteroatoms. The predicted molar refractivity (Wildman–Crippen MR) is 93.5 cm³/mol. The number of hydrogen-bond acceptors (Lipinski definition) is 5. The fraction of sp³-hybridized carbons (Fsp3) is 0.529. The van der Waals surface area contributed by atoms with Gasteiger partial charge in [0.05, 0.1) is 4.90 Å². The maximum Gasteiger partial charge on any atom is 0.263 e. The number of benzene rings is 1. The van der Waals surface area contributed by atoms with Crippen molar-refractivity contribution in [3.8, 4) is 0 Å². The molecule has 2 fully saturated rings. The Morgan fingerprint density at radius 2 is 2.08 bits per heavy atom. The van der Waals surface area contributed by atoms with Crippen LogP contribution in [0.25, 0.3) is 0 Å². The van der Waals surface area contributed by atoms with Crippen LogP contribution in [-0.2, 0) is 14.8 Å². The topological polar surface area (TPSA) is 105 Å². The van der Waals surface area contributed by atoms with E-state index in [0.717, 1.165) is 19.4 Å². The molecule has 0 aromatic heterocycles. The summed E-state index contributed by atoms with van der Waals surface area (Å²) in [6.07, 6.45) is 2.11. The van der Waals surface area contributed by atoms with Crippen LogP contribution in [0.5, 0.6) is 0 Å². The summed E-state index contributed by atoms with van der Waals surface area (Å²) >= 11 is 0. The molecule has 3 N–H and O–H groups in total. The van der Waals surface area contributed by atoms with E-state index in [4.69, 9.17) is 5.73 Å². The molecule has 4 unspecified atom stereocenters. The minimum absolute atomic E-state index is 0.0716. The van der Waals surface area contributed by atoms with Crippen molar-refractivity contribution in [2.75, 3.05) is 13.1 Å². The molecule has 0 radical (unpaired) electrons. The van der Waals surface area contributed by atoms with Crippen LogP contribution >= 0.6 is 0 Å². The van der Waals surface area contributed by atoms with E-state index in [2.05, 4.69) is 9.71 Å². The fourth-order valence-corrected chi connectivity index (χ4v) is 5.47. The van der Waals surface area contributed by atoms with E-state index >= 15 is 0 Å². The van der Waals surface area contributed by atoms with Crippen molar-refractivity contribution in [3.05, 3.63) is 29.8 Å². The number of likely N-dealkylation sites (tertiary alicyclic amines) is 1. The van der Waals surface area contributed by atoms with Crippen LogP contribution in [0.3, 0.4) is 0 Å². The molecule has 0 spiro atoms. The minimum Gasteiger partial charge on any atom is -0.340 e. The van der Waals surface area contributed by atoms with Crippen molar-refractivity contribution in [2.24, 2.45) is 22.6 Å². The second-order valence-electron chi connectivity index (χ2n) is 7.16. The summed E-state index contributed by atoms with van der Waals surface area (Å²) in [5.41, 5.74) is 6.65. The molecule has 7 nitrogen and oxygen atoms in total. The molecule has 25 heavy (non-hydrogen) atoms. The Balaban J connectivity index is 1.54. The number of sulfonamides is 1. The molecule has 1 aliphatic carbocycles. The van der Waals surface area contributed by atoms with E-state index < -0.39 is 16.1 Å². The highest BCUT2D eigenvalue weighted by molar-refractivity contribution is 7.90. The summed E-state index contributed by atoms with van der Waals surface area (Å²) in [6, 6.07) is 6.20. The zero-order chi connectivity index (χ0) is 17.8. The summed E-state index contributed by atoms with van der Waals surface area (Å²) < 4.78 is 26.7. The first-order valence-electron chi connectivity index (χ1n) is 8.61. The largest absolute Gasteiger partial charge is 0.340 e. The number of nitrogens with two attached hydrogens (primary N) is 1. The number of amidine groups is 1. The molecule has 1 aromatic carbocycles. The summed E-state index contributed by atoms with van der Waals surface area (Å²) in [5, 5.41) is 0. The van der Waals surface area contributed by atoms with Crippen molar-refractivity contribution in [2.45, 2.75) is 36.7 Å². The molecule has 2 aliphatic heterocycles. The van der Waals surface area contributed by atoms with Crippen LogP contribution in [0, 0.1) is 11.8 Å². The standard InChI is InChI=1S/C17H22N4O3S/c1-10(17(22)21-8-11-6-7-14(18)13(11)9-21)19-16-12-4-2-3-5-15(12)25(23,24)20-16/h2-5,10-11,13-14H,6-9,18H2,1H3,(H,19,20). The summed E-state index contributed by atoms with van der Waals surface area (Å²) in [7, 11) is -3.59. The average molecular weight is 362 g/mol. The van der Waals surface area contributed by atoms with Gasteiger partial charge in [0.1, 0.15) is 11.9 Å². The van der Waals surface area contributed by atoms with Gasteiger partial charge in [-0.3, -0.25) is 14.5 Å². The van der Waals surface area contributed by atoms with E-state index in [1.807, 2.05) is 4.90 Å². The normalized spacial score (nSPS) is 32.3. The van der Waals surface area contributed by atoms with Crippen molar-refractivity contribution in [3.63, 3.8) is 0 Å². The maximum atomic E-state index is 12.7. The van der Waals surface area contributed by atoms with E-state index in [1.54, 1.807) is 25.1 Å². The van der Waals surface area contributed by atoms with Gasteiger partial charge in [-0.2, -0.15) is 0 Å². The van der Waals surface area contributed by atoms with E-state index in [1.165, 1.54) is 6.07 Å². The second kappa shape index (κ2) is 5.81. The Kier molecular flexibility index (Phi) is 3.84. The van der Waals surface area contributed by atoms with Crippen LogP contribution in [-0.4, -0.2) is 50.2 Å². The first-order valence-corrected chi connectivity index (χ1v) is 10.1. The highest BCUT2D eigenvalue weighted by Crippen LogP contribution is 2.37. The summed E-state index contributed by atoms with van der Waals surface area (Å²) in [5.74, 6) is 1.05. The Hall–Kier alpha value is -1.93. The molecular weight excluding hydrogens is 340 g/mol. The van der Waals surface area contributed by atoms with Gasteiger partial charge in [0, 0.05) is 24.7 Å². The number of nitrogens with zero attached hydrogens (tertiary/aromatic N) is 2. The Labute approximate surface area is 147 Å². The van der Waals surface area contributed by atoms with Crippen LogP contribution in [0.1, 0.15) is 25.3 Å². The van der Waals surface area contributed by atoms with E-state index in [0.29, 0.717) is 23.9 Å². The Morgan fingerprint density at radius 1 is 1.32 bits per heavy atom. The maximum absolute atomic E-state index is 12.7. The lowest BCUT2D eigenvalue weighted by Gasteiger charge is -2.21. The summed E-state index contributed by atoms with van der Waals surface area (Å²) in [4.78, 5) is 19.2. The van der Waals surface area contributed by atoms with Crippen LogP contribution < -0.4 is 10.5 Å². The van der Waals surface area contributed by atoms with Gasteiger partial charge in [-0.25, -0.2) is 8.42 Å². The summed E-state index contributed by atoms with van der Waals surface area (Å²) in [6.45, 7) is 3.12. The van der Waals surface area contributed by atoms with Crippen molar-refractivity contribution < 1.29 is 13.2 Å². The fourth-order valence-electron chi connectivity index (χ4n) is 4.23. The zero-order valence-electron chi connectivity index (χ0n) is 14.1. The number of carbonyl (C=O) groups is 1. The molecule has 134 valence electrons. The molecule has 3 aliphatic rings. The van der Waals surface area contributed by atoms with Gasteiger partial charge in [0.2, 0.25) is 5.91 Å². The number of fused-ring (bicyclic) bond motifs is 2. The van der Waals surface area contributed by atoms with Gasteiger partial charge in [0.15, 0.2) is 0 Å². The third kappa shape index (κ3) is 2.73. The SMILES string of the molecule is CC(N=C1NS(=O)(=O)c2ccccc21)C(=O)N1CC2CCC(N)C2C1. The Morgan fingerprint density at radius 3 is 2.84 bits per heavy atom. The first-order chi connectivity index (χ1) is 11.9. The second-order valence-corrected chi connectivity index (χ2v) is 8.81. The number of hydrogen-bond donors (Lipinski definition) is 2. The number of amides is 1. The highest BCUT2D eigenvalue weighted by atomic mass is 32.2. The lowest BCUT2D eigenvalue weighted by Crippen LogP contribution is -2.38. The van der Waals surface area contributed by atoms with Crippen LogP contribution in [0.2, 0.25) is 0 Å². The number of nitrogens with one attached hydrogen (secondary N) is 1. The zero-order valence-corrected chi connectivity index (χ0v) is 14.9. The Bertz CT molecular complexity index is 851. The first kappa shape index (κ1) is 16.5. The molecule has 2 heterocycles. The third-order valence-corrected chi connectivity index (χ3v) is 6.96. The number of aliphatic imine (C=N–C) groups is 1. The molecule has 1 saturated heterocycles. The lowest BCUT2D eigenvalue weighted by molar-refractivity contribution is -0.131. The van der Waals surface area contributed by atoms with Crippen LogP contribution in [0.15, 0.2) is 34.2 Å². The predicted octanol–water partition coefficient (Wildman–Crippen LogP) is 0.309. The quantitative estimate of drug-likeness (QED) is 0.790. The van der Waals surface area contributed by atoms with Crippen LogP contribution in [0.4, 0.5) is 0 Å². The van der Waals surface area contributed by atoms with Gasteiger partial charge in [-0.05, 0) is 43.7 Å². The van der Waals surface area contributed by atoms with Gasteiger partial charge in [-0.1, -0.05) is 12.1 Å². The number of carbonyl (C=O) groups excluding carboxylic acids is 1. The molecule has 1 saturated carbocycles. The van der Waals surface area contributed by atoms with E-state index in [9.17, 15) is 13.2 Å². The minimum atomic E-state index is -3.59. The van der Waals surface area contributed by atoms with Gasteiger partial charge in [0.25, 0.3) is 10.0 Å². The smallest absolute Gasteiger partial charge is 0.263 e. The van der Waals surface area contributed by atoms with Gasteiger partial charge in [-0.15, -0.1) is 0 Å². The van der Waals surface area contributed by atoms with Gasteiger partial charge < -0.3 is 10.6 Å². The highest BCUT2D eigenvalue weighted by Gasteiger charge is 2.43. The number of rotatable bonds is 2. The average Bonchev–Trinajstić information content (AvgIpc) is 3.22.